The van der Waals surface area contributed by atoms with E-state index in [2.05, 4.69) is 26.8 Å². The summed E-state index contributed by atoms with van der Waals surface area (Å²) >= 11 is 0. The van der Waals surface area contributed by atoms with Crippen molar-refractivity contribution < 1.29 is 14.6 Å². The van der Waals surface area contributed by atoms with Gasteiger partial charge in [0.05, 0.1) is 30.0 Å². The van der Waals surface area contributed by atoms with Crippen LogP contribution in [0, 0.1) is 5.92 Å². The summed E-state index contributed by atoms with van der Waals surface area (Å²) < 4.78 is 11.7. The van der Waals surface area contributed by atoms with Crippen LogP contribution in [-0.2, 0) is 9.47 Å². The van der Waals surface area contributed by atoms with Crippen LogP contribution in [0.5, 0.6) is 0 Å². The van der Waals surface area contributed by atoms with Crippen molar-refractivity contribution in [3.05, 3.63) is 11.6 Å². The molecule has 2 aliphatic heterocycles. The van der Waals surface area contributed by atoms with Crippen molar-refractivity contribution in [2.45, 2.75) is 69.9 Å². The Labute approximate surface area is 109 Å². The highest BCUT2D eigenvalue weighted by Crippen LogP contribution is 2.58. The molecule has 5 atom stereocenters. The Morgan fingerprint density at radius 3 is 2.78 bits per heavy atom. The van der Waals surface area contributed by atoms with Gasteiger partial charge in [0.2, 0.25) is 0 Å². The Hall–Kier alpha value is -0.380. The van der Waals surface area contributed by atoms with Gasteiger partial charge in [-0.15, -0.1) is 0 Å². The molecule has 2 saturated heterocycles. The first-order chi connectivity index (χ1) is 8.46. The molecule has 3 aliphatic rings. The van der Waals surface area contributed by atoms with Gasteiger partial charge in [-0.3, -0.25) is 0 Å². The van der Waals surface area contributed by atoms with E-state index in [1.165, 1.54) is 5.57 Å². The van der Waals surface area contributed by atoms with Crippen LogP contribution in [-0.4, -0.2) is 35.1 Å². The second-order valence-corrected chi connectivity index (χ2v) is 6.64. The number of aliphatic hydroxyl groups excluding tert-OH is 1. The van der Waals surface area contributed by atoms with Gasteiger partial charge in [-0.2, -0.15) is 0 Å². The molecule has 0 bridgehead atoms. The molecule has 0 aromatic carbocycles. The molecule has 3 nitrogen and oxygen atoms in total. The third-order valence-electron chi connectivity index (χ3n) is 4.97. The minimum Gasteiger partial charge on any atom is -0.393 e. The zero-order valence-electron chi connectivity index (χ0n) is 11.6. The molecule has 3 rings (SSSR count). The van der Waals surface area contributed by atoms with Gasteiger partial charge in [0.25, 0.3) is 0 Å². The van der Waals surface area contributed by atoms with Gasteiger partial charge >= 0.3 is 0 Å². The van der Waals surface area contributed by atoms with Crippen molar-refractivity contribution in [3.8, 4) is 0 Å². The largest absolute Gasteiger partial charge is 0.393 e. The van der Waals surface area contributed by atoms with Crippen LogP contribution in [0.15, 0.2) is 11.6 Å². The smallest absolute Gasteiger partial charge is 0.0980 e. The van der Waals surface area contributed by atoms with Gasteiger partial charge in [0, 0.05) is 5.92 Å². The topological polar surface area (TPSA) is 45.3 Å². The summed E-state index contributed by atoms with van der Waals surface area (Å²) in [6, 6.07) is 0. The molecule has 0 aromatic heterocycles. The quantitative estimate of drug-likeness (QED) is 0.620. The zero-order valence-corrected chi connectivity index (χ0v) is 11.6. The van der Waals surface area contributed by atoms with Gasteiger partial charge in [-0.05, 0) is 46.5 Å². The monoisotopic (exact) mass is 252 g/mol. The van der Waals surface area contributed by atoms with E-state index >= 15 is 0 Å². The molecule has 3 fully saturated rings. The molecule has 2 heterocycles. The van der Waals surface area contributed by atoms with E-state index in [4.69, 9.17) is 9.47 Å². The maximum absolute atomic E-state index is 9.91. The molecule has 3 heteroatoms. The highest BCUT2D eigenvalue weighted by Gasteiger charge is 2.68. The van der Waals surface area contributed by atoms with E-state index in [1.54, 1.807) is 0 Å². The van der Waals surface area contributed by atoms with E-state index in [-0.39, 0.29) is 17.3 Å². The first-order valence-corrected chi connectivity index (χ1v) is 7.09. The number of hydrogen-bond acceptors (Lipinski definition) is 3. The van der Waals surface area contributed by atoms with Crippen LogP contribution in [0.4, 0.5) is 0 Å². The highest BCUT2D eigenvalue weighted by atomic mass is 16.6. The lowest BCUT2D eigenvalue weighted by molar-refractivity contribution is 0.0145. The summed E-state index contributed by atoms with van der Waals surface area (Å²) in [4.78, 5) is 0. The maximum atomic E-state index is 9.91. The van der Waals surface area contributed by atoms with Crippen LogP contribution < -0.4 is 0 Å². The molecule has 18 heavy (non-hydrogen) atoms. The summed E-state index contributed by atoms with van der Waals surface area (Å²) in [6.07, 6.45) is 6.08. The van der Waals surface area contributed by atoms with Gasteiger partial charge in [-0.1, -0.05) is 11.6 Å². The lowest BCUT2D eigenvalue weighted by atomic mass is 9.70. The van der Waals surface area contributed by atoms with E-state index in [1.807, 2.05) is 0 Å². The van der Waals surface area contributed by atoms with Gasteiger partial charge in [-0.25, -0.2) is 0 Å². The summed E-state index contributed by atoms with van der Waals surface area (Å²) in [5, 5.41) is 9.91. The Balaban J connectivity index is 1.69. The average Bonchev–Trinajstić information content (AvgIpc) is 3.19. The van der Waals surface area contributed by atoms with Gasteiger partial charge in [0.15, 0.2) is 0 Å². The lowest BCUT2D eigenvalue weighted by Gasteiger charge is -2.35. The number of rotatable bonds is 3. The van der Waals surface area contributed by atoms with Crippen molar-refractivity contribution >= 4 is 0 Å². The molecule has 0 radical (unpaired) electrons. The number of allylic oxidation sites excluding steroid dienone is 1. The molecule has 1 spiro atoms. The van der Waals surface area contributed by atoms with Crippen molar-refractivity contribution in [3.63, 3.8) is 0 Å². The number of ether oxygens (including phenoxy) is 2. The van der Waals surface area contributed by atoms with E-state index < -0.39 is 0 Å². The molecule has 1 N–H and O–H groups in total. The Morgan fingerprint density at radius 1 is 1.44 bits per heavy atom. The van der Waals surface area contributed by atoms with Crippen molar-refractivity contribution in [1.82, 2.24) is 0 Å². The van der Waals surface area contributed by atoms with Crippen LogP contribution in [0.3, 0.4) is 0 Å². The Morgan fingerprint density at radius 2 is 2.17 bits per heavy atom. The SMILES string of the molecule is CC(C)=CC[C@H]1O[C@]1(C)[C@H]1CC(O)CC[C@]12CO2. The van der Waals surface area contributed by atoms with E-state index in [0.717, 1.165) is 32.3 Å². The van der Waals surface area contributed by atoms with E-state index in [0.29, 0.717) is 12.0 Å². The zero-order chi connectivity index (χ0) is 13.0. The first-order valence-electron chi connectivity index (χ1n) is 7.09. The number of epoxide rings is 2. The second-order valence-electron chi connectivity index (χ2n) is 6.64. The molecule has 1 unspecified atom stereocenters. The minimum absolute atomic E-state index is 0.0354. The summed E-state index contributed by atoms with van der Waals surface area (Å²) in [6.45, 7) is 7.30. The van der Waals surface area contributed by atoms with Crippen LogP contribution in [0.2, 0.25) is 0 Å². The fourth-order valence-corrected chi connectivity index (χ4v) is 3.59. The van der Waals surface area contributed by atoms with Gasteiger partial charge in [0.1, 0.15) is 0 Å². The van der Waals surface area contributed by atoms with Crippen molar-refractivity contribution in [2.24, 2.45) is 5.92 Å². The predicted octanol–water partition coefficient (Wildman–Crippen LogP) is 2.43. The normalized spacial score (nSPS) is 50.1. The lowest BCUT2D eigenvalue weighted by Crippen LogP contribution is -2.43. The van der Waals surface area contributed by atoms with Crippen molar-refractivity contribution in [1.29, 1.82) is 0 Å². The first kappa shape index (κ1) is 12.6. The molecule has 0 aromatic rings. The average molecular weight is 252 g/mol. The molecule has 0 amide bonds. The fourth-order valence-electron chi connectivity index (χ4n) is 3.59. The number of hydrogen-bond donors (Lipinski definition) is 1. The number of aliphatic hydroxyl groups is 1. The molecule has 102 valence electrons. The molecule has 1 saturated carbocycles. The second kappa shape index (κ2) is 4.06. The minimum atomic E-state index is -0.171. The summed E-state index contributed by atoms with van der Waals surface area (Å²) in [5.41, 5.74) is 1.30. The molecular formula is C15H24O3. The molecule has 1 aliphatic carbocycles. The Bertz CT molecular complexity index is 368. The predicted molar refractivity (Wildman–Crippen MR) is 69.4 cm³/mol. The van der Waals surface area contributed by atoms with E-state index in [9.17, 15) is 5.11 Å². The molecular weight excluding hydrogens is 228 g/mol. The van der Waals surface area contributed by atoms with Crippen molar-refractivity contribution in [2.75, 3.05) is 6.61 Å². The van der Waals surface area contributed by atoms with Crippen LogP contribution >= 0.6 is 0 Å². The standard InChI is InChI=1S/C15H24O3/c1-10(2)4-5-13-14(3,18-13)12-8-11(16)6-7-15(12)9-17-15/h4,11-13,16H,5-9H2,1-3H3/t11?,12-,13-,14-,15+/m1/s1. The fraction of sp³-hybridized carbons (Fsp3) is 0.867. The Kier molecular flexibility index (Phi) is 2.85. The van der Waals surface area contributed by atoms with Crippen LogP contribution in [0.1, 0.15) is 46.5 Å². The highest BCUT2D eigenvalue weighted by molar-refractivity contribution is 5.17. The maximum Gasteiger partial charge on any atom is 0.0980 e. The summed E-state index contributed by atoms with van der Waals surface area (Å²) in [5.74, 6) is 0.365. The third-order valence-corrected chi connectivity index (χ3v) is 4.97. The van der Waals surface area contributed by atoms with Crippen LogP contribution in [0.25, 0.3) is 0 Å². The van der Waals surface area contributed by atoms with Gasteiger partial charge < -0.3 is 14.6 Å². The summed E-state index contributed by atoms with van der Waals surface area (Å²) in [7, 11) is 0. The third kappa shape index (κ3) is 2.02.